The fourth-order valence-corrected chi connectivity index (χ4v) is 1.94. The molecule has 1 unspecified atom stereocenters. The van der Waals surface area contributed by atoms with Crippen molar-refractivity contribution in [3.63, 3.8) is 0 Å². The van der Waals surface area contributed by atoms with Crippen LogP contribution in [0.3, 0.4) is 0 Å². The van der Waals surface area contributed by atoms with Crippen molar-refractivity contribution in [1.29, 1.82) is 0 Å². The van der Waals surface area contributed by atoms with Crippen LogP contribution < -0.4 is 10.6 Å². The molecule has 0 fully saturated rings. The van der Waals surface area contributed by atoms with E-state index in [0.29, 0.717) is 6.04 Å². The van der Waals surface area contributed by atoms with Gasteiger partial charge < -0.3 is 19.8 Å². The van der Waals surface area contributed by atoms with E-state index in [9.17, 15) is 0 Å². The minimum atomic E-state index is 0.427. The standard InChI is InChI=1S/C14H26N2O2/c1-10(8-15-6-7-17-5)16-9-14-11(2)12(3)18-13(14)4/h10,15-16H,6-9H2,1-5H3. The van der Waals surface area contributed by atoms with Gasteiger partial charge in [-0.25, -0.2) is 0 Å². The second kappa shape index (κ2) is 7.56. The van der Waals surface area contributed by atoms with Gasteiger partial charge in [0, 0.05) is 38.3 Å². The van der Waals surface area contributed by atoms with Crippen LogP contribution in [0.4, 0.5) is 0 Å². The zero-order valence-electron chi connectivity index (χ0n) is 12.2. The van der Waals surface area contributed by atoms with E-state index in [1.807, 2.05) is 13.8 Å². The van der Waals surface area contributed by atoms with Gasteiger partial charge in [-0.3, -0.25) is 0 Å². The summed E-state index contributed by atoms with van der Waals surface area (Å²) in [5, 5.41) is 6.85. The summed E-state index contributed by atoms with van der Waals surface area (Å²) in [5.74, 6) is 2.05. The number of aryl methyl sites for hydroxylation is 2. The molecule has 1 rings (SSSR count). The fraction of sp³-hybridized carbons (Fsp3) is 0.714. The molecule has 0 aliphatic heterocycles. The van der Waals surface area contributed by atoms with Crippen LogP contribution in [0.15, 0.2) is 4.42 Å². The molecule has 0 aromatic carbocycles. The topological polar surface area (TPSA) is 46.4 Å². The molecule has 0 aliphatic rings. The molecule has 0 radical (unpaired) electrons. The van der Waals surface area contributed by atoms with Crippen molar-refractivity contribution in [1.82, 2.24) is 10.6 Å². The molecule has 0 amide bonds. The first-order chi connectivity index (χ1) is 8.56. The van der Waals surface area contributed by atoms with Gasteiger partial charge in [-0.2, -0.15) is 0 Å². The Hall–Kier alpha value is -0.840. The molecule has 1 atom stereocenters. The van der Waals surface area contributed by atoms with Crippen LogP contribution in [-0.2, 0) is 11.3 Å². The Bertz CT molecular complexity index is 361. The van der Waals surface area contributed by atoms with Crippen LogP contribution in [0.25, 0.3) is 0 Å². The Labute approximate surface area is 110 Å². The van der Waals surface area contributed by atoms with E-state index in [1.54, 1.807) is 7.11 Å². The van der Waals surface area contributed by atoms with E-state index in [2.05, 4.69) is 24.5 Å². The molecule has 18 heavy (non-hydrogen) atoms. The minimum Gasteiger partial charge on any atom is -0.466 e. The zero-order chi connectivity index (χ0) is 13.5. The Morgan fingerprint density at radius 3 is 2.50 bits per heavy atom. The van der Waals surface area contributed by atoms with Crippen LogP contribution in [0.1, 0.15) is 29.6 Å². The van der Waals surface area contributed by atoms with Crippen molar-refractivity contribution in [3.8, 4) is 0 Å². The van der Waals surface area contributed by atoms with E-state index in [4.69, 9.17) is 9.15 Å². The average Bonchev–Trinajstić information content (AvgIpc) is 2.57. The summed E-state index contributed by atoms with van der Waals surface area (Å²) in [5.41, 5.74) is 2.55. The van der Waals surface area contributed by atoms with Crippen molar-refractivity contribution in [2.24, 2.45) is 0 Å². The maximum absolute atomic E-state index is 5.62. The second-order valence-electron chi connectivity index (χ2n) is 4.80. The predicted molar refractivity (Wildman–Crippen MR) is 74.0 cm³/mol. The molecule has 0 spiro atoms. The van der Waals surface area contributed by atoms with E-state index in [-0.39, 0.29) is 0 Å². The lowest BCUT2D eigenvalue weighted by molar-refractivity contribution is 0.198. The average molecular weight is 254 g/mol. The molecule has 0 saturated carbocycles. The van der Waals surface area contributed by atoms with Crippen molar-refractivity contribution >= 4 is 0 Å². The molecule has 0 bridgehead atoms. The number of hydrogen-bond donors (Lipinski definition) is 2. The van der Waals surface area contributed by atoms with Crippen LogP contribution in [0, 0.1) is 20.8 Å². The summed E-state index contributed by atoms with van der Waals surface area (Å²) in [6.07, 6.45) is 0. The summed E-state index contributed by atoms with van der Waals surface area (Å²) in [4.78, 5) is 0. The first-order valence-electron chi connectivity index (χ1n) is 6.54. The number of hydrogen-bond acceptors (Lipinski definition) is 4. The van der Waals surface area contributed by atoms with Gasteiger partial charge in [0.2, 0.25) is 0 Å². The number of rotatable bonds is 8. The summed E-state index contributed by atoms with van der Waals surface area (Å²) in [6.45, 7) is 11.8. The fourth-order valence-electron chi connectivity index (χ4n) is 1.94. The smallest absolute Gasteiger partial charge is 0.105 e. The van der Waals surface area contributed by atoms with Crippen molar-refractivity contribution in [2.75, 3.05) is 26.8 Å². The minimum absolute atomic E-state index is 0.427. The highest BCUT2D eigenvalue weighted by atomic mass is 16.5. The molecule has 4 nitrogen and oxygen atoms in total. The lowest BCUT2D eigenvalue weighted by Gasteiger charge is -2.14. The van der Waals surface area contributed by atoms with E-state index in [0.717, 1.165) is 37.8 Å². The number of furan rings is 1. The van der Waals surface area contributed by atoms with Gasteiger partial charge in [0.1, 0.15) is 11.5 Å². The van der Waals surface area contributed by atoms with Gasteiger partial charge in [0.15, 0.2) is 0 Å². The Morgan fingerprint density at radius 2 is 1.94 bits per heavy atom. The van der Waals surface area contributed by atoms with Crippen molar-refractivity contribution in [3.05, 3.63) is 22.6 Å². The second-order valence-corrected chi connectivity index (χ2v) is 4.80. The Morgan fingerprint density at radius 1 is 1.22 bits per heavy atom. The summed E-state index contributed by atoms with van der Waals surface area (Å²) in [6, 6.07) is 0.427. The third kappa shape index (κ3) is 4.44. The van der Waals surface area contributed by atoms with Gasteiger partial charge in [0.05, 0.1) is 6.61 Å². The van der Waals surface area contributed by atoms with Gasteiger partial charge in [0.25, 0.3) is 0 Å². The first kappa shape index (κ1) is 15.2. The van der Waals surface area contributed by atoms with Crippen LogP contribution in [0.2, 0.25) is 0 Å². The molecule has 1 aromatic rings. The van der Waals surface area contributed by atoms with Gasteiger partial charge >= 0.3 is 0 Å². The third-order valence-electron chi connectivity index (χ3n) is 3.27. The molecular weight excluding hydrogens is 228 g/mol. The lowest BCUT2D eigenvalue weighted by Crippen LogP contribution is -2.37. The maximum Gasteiger partial charge on any atom is 0.105 e. The molecular formula is C14H26N2O2. The lowest BCUT2D eigenvalue weighted by atomic mass is 10.1. The maximum atomic E-state index is 5.62. The Balaban J connectivity index is 2.31. The Kier molecular flexibility index (Phi) is 6.39. The van der Waals surface area contributed by atoms with Crippen molar-refractivity contribution in [2.45, 2.75) is 40.3 Å². The van der Waals surface area contributed by atoms with Gasteiger partial charge in [-0.05, 0) is 33.3 Å². The quantitative estimate of drug-likeness (QED) is 0.696. The number of nitrogens with one attached hydrogen (secondary N) is 2. The third-order valence-corrected chi connectivity index (χ3v) is 3.27. The van der Waals surface area contributed by atoms with Gasteiger partial charge in [-0.1, -0.05) is 0 Å². The molecule has 1 aromatic heterocycles. The van der Waals surface area contributed by atoms with Crippen LogP contribution >= 0.6 is 0 Å². The molecule has 2 N–H and O–H groups in total. The summed E-state index contributed by atoms with van der Waals surface area (Å²) >= 11 is 0. The SMILES string of the molecule is COCCNCC(C)NCc1c(C)oc(C)c1C. The normalized spacial score (nSPS) is 12.9. The van der Waals surface area contributed by atoms with E-state index < -0.39 is 0 Å². The number of methoxy groups -OCH3 is 1. The largest absolute Gasteiger partial charge is 0.466 e. The zero-order valence-corrected chi connectivity index (χ0v) is 12.2. The summed E-state index contributed by atoms with van der Waals surface area (Å²) < 4.78 is 10.6. The van der Waals surface area contributed by atoms with Crippen molar-refractivity contribution < 1.29 is 9.15 Å². The van der Waals surface area contributed by atoms with Gasteiger partial charge in [-0.15, -0.1) is 0 Å². The monoisotopic (exact) mass is 254 g/mol. The molecule has 104 valence electrons. The highest BCUT2D eigenvalue weighted by Gasteiger charge is 2.11. The molecule has 4 heteroatoms. The first-order valence-corrected chi connectivity index (χ1v) is 6.54. The molecule has 1 heterocycles. The van der Waals surface area contributed by atoms with Crippen LogP contribution in [-0.4, -0.2) is 32.8 Å². The van der Waals surface area contributed by atoms with E-state index in [1.165, 1.54) is 11.1 Å². The highest BCUT2D eigenvalue weighted by molar-refractivity contribution is 5.31. The number of ether oxygens (including phenoxy) is 1. The van der Waals surface area contributed by atoms with Crippen LogP contribution in [0.5, 0.6) is 0 Å². The molecule has 0 saturated heterocycles. The highest BCUT2D eigenvalue weighted by Crippen LogP contribution is 2.20. The molecule has 0 aliphatic carbocycles. The summed E-state index contributed by atoms with van der Waals surface area (Å²) in [7, 11) is 1.72. The van der Waals surface area contributed by atoms with E-state index >= 15 is 0 Å². The predicted octanol–water partition coefficient (Wildman–Crippen LogP) is 1.92.